The normalized spacial score (nSPS) is 11.2. The van der Waals surface area contributed by atoms with Crippen molar-refractivity contribution in [3.05, 3.63) is 0 Å². The highest BCUT2D eigenvalue weighted by Crippen LogP contribution is 1.93. The number of hydrogen-bond donors (Lipinski definition) is 3. The minimum Gasteiger partial charge on any atom is -0.390 e. The Bertz CT molecular complexity index is 331. The predicted octanol–water partition coefficient (Wildman–Crippen LogP) is -1.37. The Morgan fingerprint density at radius 2 is 1.76 bits per heavy atom. The second-order valence-electron chi connectivity index (χ2n) is 3.14. The Labute approximate surface area is 104 Å². The van der Waals surface area contributed by atoms with Gasteiger partial charge in [0.25, 0.3) is 0 Å². The van der Waals surface area contributed by atoms with Crippen molar-refractivity contribution in [3.63, 3.8) is 0 Å². The van der Waals surface area contributed by atoms with E-state index < -0.39 is 36.3 Å². The number of carbonyl (C=O) groups is 4. The van der Waals surface area contributed by atoms with E-state index in [1.807, 2.05) is 0 Å². The quantitative estimate of drug-likeness (QED) is 0.322. The molecule has 0 aromatic rings. The highest BCUT2D eigenvalue weighted by molar-refractivity contribution is 7.80. The fourth-order valence-electron chi connectivity index (χ4n) is 0.841. The second kappa shape index (κ2) is 7.66. The minimum atomic E-state index is -0.989. The molecule has 0 rings (SSSR count). The molecule has 0 radical (unpaired) electrons. The maximum atomic E-state index is 11.3. The third kappa shape index (κ3) is 7.34. The van der Waals surface area contributed by atoms with E-state index in [-0.39, 0.29) is 5.75 Å². The Kier molecular flexibility index (Phi) is 6.95. The number of ether oxygens (including phenoxy) is 1. The van der Waals surface area contributed by atoms with Gasteiger partial charge in [-0.15, -0.1) is 0 Å². The van der Waals surface area contributed by atoms with Crippen LogP contribution in [0.25, 0.3) is 0 Å². The lowest BCUT2D eigenvalue weighted by molar-refractivity contribution is -0.161. The monoisotopic (exact) mass is 262 g/mol. The molecule has 0 saturated carbocycles. The summed E-state index contributed by atoms with van der Waals surface area (Å²) in [6, 6.07) is -0.989. The predicted molar refractivity (Wildman–Crippen MR) is 61.2 cm³/mol. The van der Waals surface area contributed by atoms with Gasteiger partial charge in [0.15, 0.2) is 0 Å². The van der Waals surface area contributed by atoms with Gasteiger partial charge in [0.1, 0.15) is 12.6 Å². The summed E-state index contributed by atoms with van der Waals surface area (Å²) in [7, 11) is 0. The summed E-state index contributed by atoms with van der Waals surface area (Å²) in [5.74, 6) is -2.66. The number of nitrogens with one attached hydrogen (secondary N) is 2. The zero-order chi connectivity index (χ0) is 13.4. The van der Waals surface area contributed by atoms with Crippen LogP contribution >= 0.6 is 12.6 Å². The van der Waals surface area contributed by atoms with Gasteiger partial charge in [-0.25, -0.2) is 9.59 Å². The van der Waals surface area contributed by atoms with Crippen molar-refractivity contribution in [2.24, 2.45) is 0 Å². The van der Waals surface area contributed by atoms with Gasteiger partial charge >= 0.3 is 11.9 Å². The van der Waals surface area contributed by atoms with Crippen molar-refractivity contribution in [1.29, 1.82) is 0 Å². The molecule has 0 spiro atoms. The second-order valence-corrected chi connectivity index (χ2v) is 3.50. The van der Waals surface area contributed by atoms with Gasteiger partial charge in [-0.05, 0) is 0 Å². The zero-order valence-corrected chi connectivity index (χ0v) is 10.4. The molecule has 2 N–H and O–H groups in total. The molecule has 0 bridgehead atoms. The number of carbonyl (C=O) groups excluding carboxylic acids is 4. The van der Waals surface area contributed by atoms with Crippen molar-refractivity contribution in [3.8, 4) is 0 Å². The SMILES string of the molecule is CC(=O)NCC(=O)OC(=O)C(CS)NC(C)=O. The molecule has 0 heterocycles. The number of rotatable bonds is 5. The maximum Gasteiger partial charge on any atom is 0.337 e. The Morgan fingerprint density at radius 3 is 2.18 bits per heavy atom. The van der Waals surface area contributed by atoms with Gasteiger partial charge in [0, 0.05) is 19.6 Å². The number of esters is 2. The first-order valence-corrected chi connectivity index (χ1v) is 5.37. The van der Waals surface area contributed by atoms with Gasteiger partial charge < -0.3 is 15.4 Å². The van der Waals surface area contributed by atoms with Gasteiger partial charge in [0.05, 0.1) is 0 Å². The number of thiol groups is 1. The highest BCUT2D eigenvalue weighted by Gasteiger charge is 2.22. The molecule has 0 aliphatic heterocycles. The fourth-order valence-corrected chi connectivity index (χ4v) is 1.08. The van der Waals surface area contributed by atoms with Crippen LogP contribution in [0.1, 0.15) is 13.8 Å². The van der Waals surface area contributed by atoms with Crippen LogP contribution in [0.15, 0.2) is 0 Å². The molecular formula is C9H14N2O5S. The molecule has 8 heteroatoms. The fraction of sp³-hybridized carbons (Fsp3) is 0.556. The average Bonchev–Trinajstić information content (AvgIpc) is 2.22. The summed E-state index contributed by atoms with van der Waals surface area (Å²) in [4.78, 5) is 43.6. The molecule has 1 atom stereocenters. The van der Waals surface area contributed by atoms with E-state index in [2.05, 4.69) is 28.0 Å². The van der Waals surface area contributed by atoms with Crippen LogP contribution in [0.2, 0.25) is 0 Å². The van der Waals surface area contributed by atoms with E-state index in [0.29, 0.717) is 0 Å². The standard InChI is InChI=1S/C9H14N2O5S/c1-5(12)10-3-8(14)16-9(15)7(4-17)11-6(2)13/h7,17H,3-4H2,1-2H3,(H,10,12)(H,11,13). The average molecular weight is 262 g/mol. The van der Waals surface area contributed by atoms with E-state index in [9.17, 15) is 19.2 Å². The smallest absolute Gasteiger partial charge is 0.337 e. The molecule has 96 valence electrons. The van der Waals surface area contributed by atoms with Crippen molar-refractivity contribution in [2.45, 2.75) is 19.9 Å². The molecule has 0 aromatic heterocycles. The van der Waals surface area contributed by atoms with Crippen LogP contribution in [0.3, 0.4) is 0 Å². The molecule has 0 aliphatic carbocycles. The van der Waals surface area contributed by atoms with E-state index in [1.54, 1.807) is 0 Å². The van der Waals surface area contributed by atoms with Crippen LogP contribution < -0.4 is 10.6 Å². The first-order valence-electron chi connectivity index (χ1n) is 4.73. The van der Waals surface area contributed by atoms with E-state index in [4.69, 9.17) is 0 Å². The third-order valence-electron chi connectivity index (χ3n) is 1.54. The van der Waals surface area contributed by atoms with Crippen molar-refractivity contribution >= 4 is 36.4 Å². The van der Waals surface area contributed by atoms with E-state index in [0.717, 1.165) is 0 Å². The molecule has 7 nitrogen and oxygen atoms in total. The lowest BCUT2D eigenvalue weighted by atomic mass is 10.3. The van der Waals surface area contributed by atoms with Gasteiger partial charge in [-0.3, -0.25) is 9.59 Å². The van der Waals surface area contributed by atoms with Crippen LogP contribution in [0.5, 0.6) is 0 Å². The van der Waals surface area contributed by atoms with Crippen LogP contribution in [0.4, 0.5) is 0 Å². The van der Waals surface area contributed by atoms with Gasteiger partial charge in [0.2, 0.25) is 11.8 Å². The van der Waals surface area contributed by atoms with Crippen molar-refractivity contribution in [1.82, 2.24) is 10.6 Å². The van der Waals surface area contributed by atoms with Gasteiger partial charge in [-0.2, -0.15) is 12.6 Å². The van der Waals surface area contributed by atoms with E-state index in [1.165, 1.54) is 13.8 Å². The third-order valence-corrected chi connectivity index (χ3v) is 1.91. The van der Waals surface area contributed by atoms with Crippen LogP contribution in [0, 0.1) is 0 Å². The summed E-state index contributed by atoms with van der Waals surface area (Å²) in [6.07, 6.45) is 0. The van der Waals surface area contributed by atoms with Crippen molar-refractivity contribution in [2.75, 3.05) is 12.3 Å². The first-order chi connectivity index (χ1) is 7.86. The Morgan fingerprint density at radius 1 is 1.18 bits per heavy atom. The molecule has 0 aromatic carbocycles. The highest BCUT2D eigenvalue weighted by atomic mass is 32.1. The number of hydrogen-bond acceptors (Lipinski definition) is 6. The summed E-state index contributed by atoms with van der Waals surface area (Å²) < 4.78 is 4.40. The molecule has 1 unspecified atom stereocenters. The largest absolute Gasteiger partial charge is 0.390 e. The topological polar surface area (TPSA) is 102 Å². The molecule has 0 fully saturated rings. The lowest BCUT2D eigenvalue weighted by Crippen LogP contribution is -2.43. The minimum absolute atomic E-state index is 0.00578. The Hall–Kier alpha value is -1.57. The maximum absolute atomic E-state index is 11.3. The molecular weight excluding hydrogens is 248 g/mol. The van der Waals surface area contributed by atoms with E-state index >= 15 is 0 Å². The summed E-state index contributed by atoms with van der Waals surface area (Å²) in [6.45, 7) is 2.05. The van der Waals surface area contributed by atoms with Crippen molar-refractivity contribution < 1.29 is 23.9 Å². The summed E-state index contributed by atoms with van der Waals surface area (Å²) in [5.41, 5.74) is 0. The Balaban J connectivity index is 4.17. The number of amides is 2. The molecule has 0 saturated heterocycles. The molecule has 0 aliphatic rings. The summed E-state index contributed by atoms with van der Waals surface area (Å²) >= 11 is 3.84. The zero-order valence-electron chi connectivity index (χ0n) is 9.48. The molecule has 17 heavy (non-hydrogen) atoms. The van der Waals surface area contributed by atoms with Crippen LogP contribution in [-0.2, 0) is 23.9 Å². The molecule has 2 amide bonds. The van der Waals surface area contributed by atoms with Crippen LogP contribution in [-0.4, -0.2) is 42.1 Å². The summed E-state index contributed by atoms with van der Waals surface area (Å²) in [5, 5.41) is 4.45. The lowest BCUT2D eigenvalue weighted by Gasteiger charge is -2.13. The first kappa shape index (κ1) is 15.4. The van der Waals surface area contributed by atoms with Gasteiger partial charge in [-0.1, -0.05) is 0 Å².